The molecule has 0 aliphatic heterocycles. The van der Waals surface area contributed by atoms with Gasteiger partial charge in [-0.1, -0.05) is 17.8 Å². The van der Waals surface area contributed by atoms with Gasteiger partial charge in [0.1, 0.15) is 0 Å². The molecule has 6 heteroatoms. The Kier molecular flexibility index (Phi) is 4.68. The first-order chi connectivity index (χ1) is 9.67. The highest BCUT2D eigenvalue weighted by Crippen LogP contribution is 2.28. The van der Waals surface area contributed by atoms with Crippen LogP contribution in [0.3, 0.4) is 0 Å². The Bertz CT molecular complexity index is 655. The lowest BCUT2D eigenvalue weighted by Crippen LogP contribution is -2.14. The van der Waals surface area contributed by atoms with Gasteiger partial charge in [0.25, 0.3) is 5.56 Å². The molecule has 0 bridgehead atoms. The number of ether oxygens (including phenoxy) is 2. The molecule has 106 valence electrons. The molecule has 1 heterocycles. The monoisotopic (exact) mass is 292 g/mol. The number of aromatic nitrogens is 2. The van der Waals surface area contributed by atoms with Crippen LogP contribution in [-0.2, 0) is 6.42 Å². The number of nitrogens with one attached hydrogen (secondary N) is 1. The Labute approximate surface area is 121 Å². The maximum atomic E-state index is 11.9. The van der Waals surface area contributed by atoms with Crippen LogP contribution in [0, 0.1) is 0 Å². The van der Waals surface area contributed by atoms with Gasteiger partial charge in [0, 0.05) is 18.2 Å². The van der Waals surface area contributed by atoms with Crippen molar-refractivity contribution in [3.8, 4) is 11.5 Å². The van der Waals surface area contributed by atoms with Crippen LogP contribution < -0.4 is 15.0 Å². The first-order valence-corrected chi connectivity index (χ1v) is 7.23. The molecular weight excluding hydrogens is 276 g/mol. The summed E-state index contributed by atoms with van der Waals surface area (Å²) in [5.74, 6) is 1.32. The van der Waals surface area contributed by atoms with Crippen molar-refractivity contribution in [2.75, 3.05) is 20.5 Å². The van der Waals surface area contributed by atoms with Crippen LogP contribution in [0.1, 0.15) is 11.1 Å². The zero-order chi connectivity index (χ0) is 14.5. The molecule has 1 N–H and O–H groups in total. The molecule has 0 amide bonds. The molecule has 1 aromatic heterocycles. The van der Waals surface area contributed by atoms with E-state index in [2.05, 4.69) is 9.97 Å². The number of methoxy groups -OCH3 is 2. The van der Waals surface area contributed by atoms with Crippen LogP contribution in [0.5, 0.6) is 11.5 Å². The zero-order valence-electron chi connectivity index (χ0n) is 11.6. The van der Waals surface area contributed by atoms with Gasteiger partial charge in [-0.05, 0) is 24.0 Å². The number of benzene rings is 1. The second-order valence-corrected chi connectivity index (χ2v) is 4.91. The van der Waals surface area contributed by atoms with Crippen molar-refractivity contribution in [2.45, 2.75) is 11.6 Å². The van der Waals surface area contributed by atoms with Crippen LogP contribution in [0.25, 0.3) is 0 Å². The average molecular weight is 292 g/mol. The fraction of sp³-hybridized carbons (Fsp3) is 0.286. The summed E-state index contributed by atoms with van der Waals surface area (Å²) in [7, 11) is 3.18. The molecule has 0 aliphatic carbocycles. The second kappa shape index (κ2) is 6.47. The quantitative estimate of drug-likeness (QED) is 0.675. The fourth-order valence-electron chi connectivity index (χ4n) is 1.85. The molecule has 2 aromatic rings. The first kappa shape index (κ1) is 14.5. The summed E-state index contributed by atoms with van der Waals surface area (Å²) in [6.07, 6.45) is 3.98. The van der Waals surface area contributed by atoms with Crippen LogP contribution in [0.4, 0.5) is 0 Å². The molecule has 0 spiro atoms. The van der Waals surface area contributed by atoms with Crippen molar-refractivity contribution in [1.82, 2.24) is 9.97 Å². The van der Waals surface area contributed by atoms with E-state index < -0.39 is 0 Å². The molecule has 0 radical (unpaired) electrons. The molecule has 0 aliphatic rings. The summed E-state index contributed by atoms with van der Waals surface area (Å²) in [6, 6.07) is 5.59. The van der Waals surface area contributed by atoms with Gasteiger partial charge in [-0.15, -0.1) is 0 Å². The molecule has 5 nitrogen and oxygen atoms in total. The summed E-state index contributed by atoms with van der Waals surface area (Å²) in [5, 5.41) is 0.617. The number of nitrogens with zero attached hydrogens (tertiary/aromatic N) is 1. The van der Waals surface area contributed by atoms with Crippen molar-refractivity contribution in [3.63, 3.8) is 0 Å². The lowest BCUT2D eigenvalue weighted by Gasteiger charge is -2.09. The van der Waals surface area contributed by atoms with E-state index >= 15 is 0 Å². The molecule has 0 fully saturated rings. The SMILES string of the molecule is COc1ccc(Cc2cnc(SC)[nH]c2=O)cc1OC. The highest BCUT2D eigenvalue weighted by molar-refractivity contribution is 7.98. The minimum absolute atomic E-state index is 0.112. The Morgan fingerprint density at radius 2 is 2.00 bits per heavy atom. The van der Waals surface area contributed by atoms with Crippen molar-refractivity contribution in [1.29, 1.82) is 0 Å². The minimum Gasteiger partial charge on any atom is -0.493 e. The predicted octanol–water partition coefficient (Wildman–Crippen LogP) is 2.10. The van der Waals surface area contributed by atoms with Crippen molar-refractivity contribution < 1.29 is 9.47 Å². The maximum Gasteiger partial charge on any atom is 0.255 e. The highest BCUT2D eigenvalue weighted by Gasteiger charge is 2.08. The second-order valence-electron chi connectivity index (χ2n) is 4.11. The van der Waals surface area contributed by atoms with Crippen LogP contribution in [-0.4, -0.2) is 30.4 Å². The normalized spacial score (nSPS) is 10.3. The van der Waals surface area contributed by atoms with Gasteiger partial charge in [0.2, 0.25) is 0 Å². The number of hydrogen-bond donors (Lipinski definition) is 1. The smallest absolute Gasteiger partial charge is 0.255 e. The van der Waals surface area contributed by atoms with Gasteiger partial charge in [0.15, 0.2) is 16.7 Å². The fourth-order valence-corrected chi connectivity index (χ4v) is 2.20. The van der Waals surface area contributed by atoms with Crippen molar-refractivity contribution in [3.05, 3.63) is 45.9 Å². The highest BCUT2D eigenvalue weighted by atomic mass is 32.2. The first-order valence-electron chi connectivity index (χ1n) is 6.01. The molecule has 0 saturated heterocycles. The van der Waals surface area contributed by atoms with Crippen LogP contribution in [0.2, 0.25) is 0 Å². The van der Waals surface area contributed by atoms with E-state index in [-0.39, 0.29) is 5.56 Å². The van der Waals surface area contributed by atoms with E-state index in [9.17, 15) is 4.79 Å². The van der Waals surface area contributed by atoms with Crippen molar-refractivity contribution in [2.24, 2.45) is 0 Å². The third kappa shape index (κ3) is 3.14. The van der Waals surface area contributed by atoms with Crippen LogP contribution >= 0.6 is 11.8 Å². The van der Waals surface area contributed by atoms with E-state index in [0.717, 1.165) is 5.56 Å². The number of rotatable bonds is 5. The van der Waals surface area contributed by atoms with E-state index in [1.807, 2.05) is 24.5 Å². The number of H-pyrrole nitrogens is 1. The third-order valence-electron chi connectivity index (χ3n) is 2.89. The van der Waals surface area contributed by atoms with E-state index in [1.165, 1.54) is 11.8 Å². The Hall–Kier alpha value is -1.95. The van der Waals surface area contributed by atoms with Crippen molar-refractivity contribution >= 4 is 11.8 Å². The van der Waals surface area contributed by atoms with E-state index in [0.29, 0.717) is 28.6 Å². The Morgan fingerprint density at radius 3 is 2.60 bits per heavy atom. The molecule has 2 rings (SSSR count). The number of aromatic amines is 1. The van der Waals surface area contributed by atoms with Gasteiger partial charge in [-0.3, -0.25) is 4.79 Å². The topological polar surface area (TPSA) is 64.2 Å². The van der Waals surface area contributed by atoms with Gasteiger partial charge in [-0.2, -0.15) is 0 Å². The summed E-state index contributed by atoms with van der Waals surface area (Å²) in [6.45, 7) is 0. The summed E-state index contributed by atoms with van der Waals surface area (Å²) in [5.41, 5.74) is 1.47. The third-order valence-corrected chi connectivity index (χ3v) is 3.48. The summed E-state index contributed by atoms with van der Waals surface area (Å²) >= 11 is 1.41. The molecular formula is C14H16N2O3S. The van der Waals surface area contributed by atoms with E-state index in [4.69, 9.17) is 9.47 Å². The van der Waals surface area contributed by atoms with Gasteiger partial charge < -0.3 is 14.5 Å². The van der Waals surface area contributed by atoms with Crippen LogP contribution in [0.15, 0.2) is 34.3 Å². The number of hydrogen-bond acceptors (Lipinski definition) is 5. The van der Waals surface area contributed by atoms with Gasteiger partial charge in [0.05, 0.1) is 14.2 Å². The predicted molar refractivity (Wildman–Crippen MR) is 79.0 cm³/mol. The molecule has 0 atom stereocenters. The largest absolute Gasteiger partial charge is 0.493 e. The summed E-state index contributed by atoms with van der Waals surface area (Å²) in [4.78, 5) is 18.8. The zero-order valence-corrected chi connectivity index (χ0v) is 12.4. The molecule has 1 aromatic carbocycles. The number of thioether (sulfide) groups is 1. The maximum absolute atomic E-state index is 11.9. The average Bonchev–Trinajstić information content (AvgIpc) is 2.49. The minimum atomic E-state index is -0.112. The summed E-state index contributed by atoms with van der Waals surface area (Å²) < 4.78 is 10.4. The molecule has 20 heavy (non-hydrogen) atoms. The molecule has 0 saturated carbocycles. The lowest BCUT2D eigenvalue weighted by molar-refractivity contribution is 0.354. The standard InChI is InChI=1S/C14H16N2O3S/c1-18-11-5-4-9(7-12(11)19-2)6-10-8-15-14(20-3)16-13(10)17/h4-5,7-8H,6H2,1-3H3,(H,15,16,17). The van der Waals surface area contributed by atoms with E-state index in [1.54, 1.807) is 20.4 Å². The molecule has 0 unspecified atom stereocenters. The van der Waals surface area contributed by atoms with Gasteiger partial charge >= 0.3 is 0 Å². The Balaban J connectivity index is 2.28. The van der Waals surface area contributed by atoms with Gasteiger partial charge in [-0.25, -0.2) is 4.98 Å². The Morgan fingerprint density at radius 1 is 1.25 bits per heavy atom. The lowest BCUT2D eigenvalue weighted by atomic mass is 10.1.